The zero-order valence-corrected chi connectivity index (χ0v) is 11.6. The number of carbonyl (C=O) groups is 1. The number of aryl methyl sites for hydroxylation is 1. The molecule has 0 saturated carbocycles. The standard InChI is InChI=1S/C13H23N3O2/c1-5-16-9-11(14)8-12(16)13(17)15(4)6-7-18-10(2)3/h8-10H,5-7,14H2,1-4H3. The summed E-state index contributed by atoms with van der Waals surface area (Å²) in [5.41, 5.74) is 6.96. The van der Waals surface area contributed by atoms with Gasteiger partial charge in [0.1, 0.15) is 5.69 Å². The van der Waals surface area contributed by atoms with Crippen molar-refractivity contribution in [3.8, 4) is 0 Å². The second kappa shape index (κ2) is 6.44. The number of nitrogens with two attached hydrogens (primary N) is 1. The number of carbonyl (C=O) groups excluding carboxylic acids is 1. The van der Waals surface area contributed by atoms with Gasteiger partial charge in [-0.3, -0.25) is 4.79 Å². The van der Waals surface area contributed by atoms with Crippen LogP contribution in [0.3, 0.4) is 0 Å². The number of nitrogens with zero attached hydrogens (tertiary/aromatic N) is 2. The van der Waals surface area contributed by atoms with Crippen molar-refractivity contribution in [2.75, 3.05) is 25.9 Å². The molecule has 0 bridgehead atoms. The van der Waals surface area contributed by atoms with Crippen LogP contribution in [0.5, 0.6) is 0 Å². The van der Waals surface area contributed by atoms with Gasteiger partial charge in [0.25, 0.3) is 5.91 Å². The highest BCUT2D eigenvalue weighted by molar-refractivity contribution is 5.93. The number of likely N-dealkylation sites (N-methyl/N-ethyl adjacent to an activating group) is 1. The van der Waals surface area contributed by atoms with Gasteiger partial charge in [-0.25, -0.2) is 0 Å². The van der Waals surface area contributed by atoms with Gasteiger partial charge in [-0.1, -0.05) is 0 Å². The molecule has 0 fully saturated rings. The molecule has 0 saturated heterocycles. The van der Waals surface area contributed by atoms with E-state index in [4.69, 9.17) is 10.5 Å². The van der Waals surface area contributed by atoms with Gasteiger partial charge in [-0.2, -0.15) is 0 Å². The molecule has 2 N–H and O–H groups in total. The minimum atomic E-state index is -0.0269. The fraction of sp³-hybridized carbons (Fsp3) is 0.615. The van der Waals surface area contributed by atoms with E-state index in [0.717, 1.165) is 6.54 Å². The Bertz CT molecular complexity index is 399. The monoisotopic (exact) mass is 253 g/mol. The molecule has 5 heteroatoms. The van der Waals surface area contributed by atoms with Crippen LogP contribution in [0.25, 0.3) is 0 Å². The van der Waals surface area contributed by atoms with Crippen molar-refractivity contribution in [3.05, 3.63) is 18.0 Å². The lowest BCUT2D eigenvalue weighted by atomic mass is 10.3. The fourth-order valence-corrected chi connectivity index (χ4v) is 1.70. The van der Waals surface area contributed by atoms with Gasteiger partial charge < -0.3 is 19.9 Å². The molecule has 1 aromatic rings. The van der Waals surface area contributed by atoms with Crippen molar-refractivity contribution in [1.29, 1.82) is 0 Å². The Hall–Kier alpha value is -1.49. The molecule has 0 unspecified atom stereocenters. The molecule has 1 aromatic heterocycles. The van der Waals surface area contributed by atoms with E-state index >= 15 is 0 Å². The molecular formula is C13H23N3O2. The van der Waals surface area contributed by atoms with Gasteiger partial charge in [0.05, 0.1) is 18.4 Å². The highest BCUT2D eigenvalue weighted by Gasteiger charge is 2.16. The van der Waals surface area contributed by atoms with E-state index in [1.165, 1.54) is 0 Å². The van der Waals surface area contributed by atoms with E-state index in [9.17, 15) is 4.79 Å². The quantitative estimate of drug-likeness (QED) is 0.837. The van der Waals surface area contributed by atoms with Crippen LogP contribution in [0.1, 0.15) is 31.3 Å². The van der Waals surface area contributed by atoms with Crippen LogP contribution in [0, 0.1) is 0 Å². The second-order valence-corrected chi connectivity index (χ2v) is 4.59. The molecule has 0 aliphatic heterocycles. The van der Waals surface area contributed by atoms with Crippen molar-refractivity contribution in [3.63, 3.8) is 0 Å². The van der Waals surface area contributed by atoms with Crippen LogP contribution in [-0.2, 0) is 11.3 Å². The lowest BCUT2D eigenvalue weighted by molar-refractivity contribution is 0.0526. The maximum Gasteiger partial charge on any atom is 0.270 e. The predicted molar refractivity (Wildman–Crippen MR) is 72.6 cm³/mol. The first-order valence-corrected chi connectivity index (χ1v) is 6.28. The summed E-state index contributed by atoms with van der Waals surface area (Å²) in [4.78, 5) is 13.9. The smallest absolute Gasteiger partial charge is 0.270 e. The topological polar surface area (TPSA) is 60.5 Å². The van der Waals surface area contributed by atoms with Crippen molar-refractivity contribution < 1.29 is 9.53 Å². The summed E-state index contributed by atoms with van der Waals surface area (Å²) in [6.07, 6.45) is 1.97. The summed E-state index contributed by atoms with van der Waals surface area (Å²) in [6, 6.07) is 1.71. The summed E-state index contributed by atoms with van der Waals surface area (Å²) in [5.74, 6) is -0.0269. The minimum absolute atomic E-state index is 0.0269. The van der Waals surface area contributed by atoms with E-state index < -0.39 is 0 Å². The zero-order chi connectivity index (χ0) is 13.7. The number of hydrogen-bond acceptors (Lipinski definition) is 3. The predicted octanol–water partition coefficient (Wildman–Crippen LogP) is 1.59. The average Bonchev–Trinajstić information content (AvgIpc) is 2.68. The molecule has 1 amide bonds. The maximum atomic E-state index is 12.2. The highest BCUT2D eigenvalue weighted by Crippen LogP contribution is 2.12. The second-order valence-electron chi connectivity index (χ2n) is 4.59. The minimum Gasteiger partial charge on any atom is -0.397 e. The Morgan fingerprint density at radius 3 is 2.78 bits per heavy atom. The van der Waals surface area contributed by atoms with Gasteiger partial charge in [0.2, 0.25) is 0 Å². The van der Waals surface area contributed by atoms with Crippen molar-refractivity contribution >= 4 is 11.6 Å². The third kappa shape index (κ3) is 3.77. The van der Waals surface area contributed by atoms with Crippen LogP contribution in [-0.4, -0.2) is 41.7 Å². The van der Waals surface area contributed by atoms with E-state index in [-0.39, 0.29) is 12.0 Å². The molecule has 1 heterocycles. The van der Waals surface area contributed by atoms with Gasteiger partial charge in [-0.15, -0.1) is 0 Å². The normalized spacial score (nSPS) is 10.9. The molecule has 0 radical (unpaired) electrons. The summed E-state index contributed by atoms with van der Waals surface area (Å²) in [6.45, 7) is 7.79. The van der Waals surface area contributed by atoms with Crippen molar-refractivity contribution in [2.45, 2.75) is 33.4 Å². The van der Waals surface area contributed by atoms with Gasteiger partial charge >= 0.3 is 0 Å². The van der Waals surface area contributed by atoms with Crippen LogP contribution >= 0.6 is 0 Å². The first kappa shape index (κ1) is 14.6. The van der Waals surface area contributed by atoms with E-state index in [2.05, 4.69) is 0 Å². The first-order chi connectivity index (χ1) is 8.45. The van der Waals surface area contributed by atoms with Gasteiger partial charge in [0.15, 0.2) is 0 Å². The third-order valence-electron chi connectivity index (χ3n) is 2.70. The summed E-state index contributed by atoms with van der Waals surface area (Å²) >= 11 is 0. The maximum absolute atomic E-state index is 12.2. The third-order valence-corrected chi connectivity index (χ3v) is 2.70. The lowest BCUT2D eigenvalue weighted by Gasteiger charge is -2.18. The molecule has 0 aliphatic carbocycles. The van der Waals surface area contributed by atoms with Crippen LogP contribution in [0.2, 0.25) is 0 Å². The number of rotatable bonds is 6. The highest BCUT2D eigenvalue weighted by atomic mass is 16.5. The molecule has 0 aromatic carbocycles. The van der Waals surface area contributed by atoms with Crippen LogP contribution in [0.4, 0.5) is 5.69 Å². The Labute approximate surface area is 109 Å². The molecule has 0 aliphatic rings. The lowest BCUT2D eigenvalue weighted by Crippen LogP contribution is -2.32. The average molecular weight is 253 g/mol. The molecule has 18 heavy (non-hydrogen) atoms. The number of anilines is 1. The number of ether oxygens (including phenoxy) is 1. The zero-order valence-electron chi connectivity index (χ0n) is 11.6. The molecule has 1 rings (SSSR count). The number of aromatic nitrogens is 1. The Morgan fingerprint density at radius 2 is 2.22 bits per heavy atom. The number of amides is 1. The summed E-state index contributed by atoms with van der Waals surface area (Å²) < 4.78 is 7.29. The molecule has 0 spiro atoms. The van der Waals surface area contributed by atoms with Crippen molar-refractivity contribution in [1.82, 2.24) is 9.47 Å². The Balaban J connectivity index is 2.62. The Morgan fingerprint density at radius 1 is 1.56 bits per heavy atom. The largest absolute Gasteiger partial charge is 0.397 e. The van der Waals surface area contributed by atoms with Crippen molar-refractivity contribution in [2.24, 2.45) is 0 Å². The van der Waals surface area contributed by atoms with Crippen LogP contribution < -0.4 is 5.73 Å². The SMILES string of the molecule is CCn1cc(N)cc1C(=O)N(C)CCOC(C)C. The van der Waals surface area contributed by atoms with E-state index in [1.807, 2.05) is 25.3 Å². The molecule has 5 nitrogen and oxygen atoms in total. The summed E-state index contributed by atoms with van der Waals surface area (Å²) in [7, 11) is 1.77. The summed E-state index contributed by atoms with van der Waals surface area (Å²) in [5, 5.41) is 0. The molecule has 0 atom stereocenters. The van der Waals surface area contributed by atoms with Gasteiger partial charge in [0, 0.05) is 26.3 Å². The van der Waals surface area contributed by atoms with E-state index in [0.29, 0.717) is 24.5 Å². The number of hydrogen-bond donors (Lipinski definition) is 1. The van der Waals surface area contributed by atoms with Gasteiger partial charge in [-0.05, 0) is 26.8 Å². The molecular weight excluding hydrogens is 230 g/mol. The van der Waals surface area contributed by atoms with E-state index in [1.54, 1.807) is 24.2 Å². The fourth-order valence-electron chi connectivity index (χ4n) is 1.70. The number of nitrogen functional groups attached to an aromatic ring is 1. The molecule has 102 valence electrons. The first-order valence-electron chi connectivity index (χ1n) is 6.28. The Kier molecular flexibility index (Phi) is 5.22. The van der Waals surface area contributed by atoms with Crippen LogP contribution in [0.15, 0.2) is 12.3 Å².